The summed E-state index contributed by atoms with van der Waals surface area (Å²) < 4.78 is 55.8. The van der Waals surface area contributed by atoms with Crippen molar-refractivity contribution in [2.24, 2.45) is 0 Å². The maximum atomic E-state index is 14.3. The number of fused-ring (bicyclic) bond motifs is 2. The molecular weight excluding hydrogens is 488 g/mol. The van der Waals surface area contributed by atoms with Crippen molar-refractivity contribution >= 4 is 27.4 Å². The van der Waals surface area contributed by atoms with Crippen LogP contribution in [-0.4, -0.2) is 50.7 Å². The summed E-state index contributed by atoms with van der Waals surface area (Å²) in [5, 5.41) is 3.07. The van der Waals surface area contributed by atoms with Gasteiger partial charge < -0.3 is 10.2 Å². The largest absolute Gasteiger partial charge is 0.349 e. The molecule has 1 saturated heterocycles. The van der Waals surface area contributed by atoms with Crippen LogP contribution in [0.2, 0.25) is 0 Å². The van der Waals surface area contributed by atoms with Gasteiger partial charge in [0.2, 0.25) is 0 Å². The molecule has 2 fully saturated rings. The SMILES string of the molecule is CCN1CCC(NC(=O)c2cc(NS(=O)(=O)c3ccc(F)cc3F)cc3c2CC(=O)C32CCC2)CC1. The highest BCUT2D eigenvalue weighted by molar-refractivity contribution is 7.92. The van der Waals surface area contributed by atoms with Gasteiger partial charge in [-0.1, -0.05) is 13.3 Å². The zero-order chi connectivity index (χ0) is 25.7. The highest BCUT2D eigenvalue weighted by atomic mass is 32.2. The summed E-state index contributed by atoms with van der Waals surface area (Å²) in [6.07, 6.45) is 3.92. The van der Waals surface area contributed by atoms with Crippen molar-refractivity contribution in [2.75, 3.05) is 24.4 Å². The van der Waals surface area contributed by atoms with Gasteiger partial charge >= 0.3 is 0 Å². The molecule has 10 heteroatoms. The summed E-state index contributed by atoms with van der Waals surface area (Å²) in [4.78, 5) is 28.0. The molecule has 2 aromatic rings. The Morgan fingerprint density at radius 1 is 1.14 bits per heavy atom. The quantitative estimate of drug-likeness (QED) is 0.611. The van der Waals surface area contributed by atoms with Crippen molar-refractivity contribution in [3.63, 3.8) is 0 Å². The topological polar surface area (TPSA) is 95.6 Å². The highest BCUT2D eigenvalue weighted by Crippen LogP contribution is 2.52. The van der Waals surface area contributed by atoms with E-state index in [-0.39, 0.29) is 35.4 Å². The van der Waals surface area contributed by atoms with Crippen LogP contribution in [0, 0.1) is 11.6 Å². The standard InChI is InChI=1S/C26H29F2N3O4S/c1-2-31-10-6-17(7-11-31)29-25(33)20-13-18(14-21-19(20)15-24(32)26(21)8-3-9-26)30-36(34,35)23-5-4-16(27)12-22(23)28/h4-5,12-14,17,30H,2-3,6-11,15H2,1H3,(H,29,33). The van der Waals surface area contributed by atoms with Crippen LogP contribution < -0.4 is 10.0 Å². The van der Waals surface area contributed by atoms with Gasteiger partial charge in [0.25, 0.3) is 15.9 Å². The first kappa shape index (κ1) is 24.8. The molecule has 0 unspecified atom stereocenters. The van der Waals surface area contributed by atoms with E-state index in [4.69, 9.17) is 0 Å². The summed E-state index contributed by atoms with van der Waals surface area (Å²) in [6.45, 7) is 4.81. The molecule has 1 aliphatic heterocycles. The van der Waals surface area contributed by atoms with Crippen LogP contribution in [0.1, 0.15) is 60.5 Å². The lowest BCUT2D eigenvalue weighted by atomic mass is 9.64. The van der Waals surface area contributed by atoms with E-state index in [1.54, 1.807) is 6.07 Å². The number of carbonyl (C=O) groups is 2. The third kappa shape index (κ3) is 4.30. The van der Waals surface area contributed by atoms with Crippen LogP contribution in [0.4, 0.5) is 14.5 Å². The first-order valence-corrected chi connectivity index (χ1v) is 13.8. The second-order valence-corrected chi connectivity index (χ2v) is 11.6. The van der Waals surface area contributed by atoms with Gasteiger partial charge in [0.1, 0.15) is 22.3 Å². The molecule has 0 aromatic heterocycles. The van der Waals surface area contributed by atoms with E-state index in [0.717, 1.165) is 51.0 Å². The number of hydrogen-bond acceptors (Lipinski definition) is 5. The third-order valence-electron chi connectivity index (χ3n) is 7.89. The molecule has 1 heterocycles. The highest BCUT2D eigenvalue weighted by Gasteiger charge is 2.51. The van der Waals surface area contributed by atoms with Gasteiger partial charge in [-0.15, -0.1) is 0 Å². The Labute approximate surface area is 209 Å². The van der Waals surface area contributed by atoms with Gasteiger partial charge in [0.15, 0.2) is 0 Å². The van der Waals surface area contributed by atoms with Crippen molar-refractivity contribution in [1.29, 1.82) is 0 Å². The molecule has 1 spiro atoms. The van der Waals surface area contributed by atoms with Crippen molar-refractivity contribution < 1.29 is 26.8 Å². The Hall–Kier alpha value is -2.85. The van der Waals surface area contributed by atoms with E-state index in [1.165, 1.54) is 6.07 Å². The Bertz CT molecular complexity index is 1330. The Kier molecular flexibility index (Phi) is 6.36. The van der Waals surface area contributed by atoms with E-state index < -0.39 is 32.0 Å². The van der Waals surface area contributed by atoms with Crippen LogP contribution in [0.5, 0.6) is 0 Å². The van der Waals surface area contributed by atoms with Gasteiger partial charge in [0.05, 0.1) is 5.41 Å². The average molecular weight is 518 g/mol. The number of benzene rings is 2. The first-order chi connectivity index (χ1) is 17.1. The number of anilines is 1. The molecule has 2 N–H and O–H groups in total. The monoisotopic (exact) mass is 517 g/mol. The number of nitrogens with zero attached hydrogens (tertiary/aromatic N) is 1. The number of amides is 1. The summed E-state index contributed by atoms with van der Waals surface area (Å²) >= 11 is 0. The Balaban J connectivity index is 1.49. The van der Waals surface area contributed by atoms with E-state index in [9.17, 15) is 26.8 Å². The normalized spacial score (nSPS) is 19.7. The zero-order valence-electron chi connectivity index (χ0n) is 20.1. The number of halogens is 2. The zero-order valence-corrected chi connectivity index (χ0v) is 20.9. The van der Waals surface area contributed by atoms with Crippen molar-refractivity contribution in [3.8, 4) is 0 Å². The molecule has 1 saturated carbocycles. The Morgan fingerprint density at radius 3 is 2.47 bits per heavy atom. The van der Waals surface area contributed by atoms with Crippen LogP contribution >= 0.6 is 0 Å². The molecule has 7 nitrogen and oxygen atoms in total. The number of hydrogen-bond donors (Lipinski definition) is 2. The number of likely N-dealkylation sites (tertiary alicyclic amines) is 1. The van der Waals surface area contributed by atoms with Gasteiger partial charge in [0, 0.05) is 42.9 Å². The third-order valence-corrected chi connectivity index (χ3v) is 9.31. The summed E-state index contributed by atoms with van der Waals surface area (Å²) in [7, 11) is -4.41. The predicted octanol–water partition coefficient (Wildman–Crippen LogP) is 3.53. The second-order valence-electron chi connectivity index (χ2n) is 9.95. The van der Waals surface area contributed by atoms with Gasteiger partial charge in [-0.3, -0.25) is 14.3 Å². The number of sulfonamides is 1. The van der Waals surface area contributed by atoms with E-state index in [0.29, 0.717) is 30.0 Å². The molecule has 0 atom stereocenters. The van der Waals surface area contributed by atoms with Crippen molar-refractivity contribution in [1.82, 2.24) is 10.2 Å². The average Bonchev–Trinajstić information content (AvgIpc) is 3.10. The summed E-state index contributed by atoms with van der Waals surface area (Å²) in [5.74, 6) is -2.41. The van der Waals surface area contributed by atoms with Crippen molar-refractivity contribution in [3.05, 3.63) is 58.7 Å². The number of ketones is 1. The smallest absolute Gasteiger partial charge is 0.264 e. The Morgan fingerprint density at radius 2 is 1.86 bits per heavy atom. The minimum atomic E-state index is -4.41. The lowest BCUT2D eigenvalue weighted by molar-refractivity contribution is -0.125. The van der Waals surface area contributed by atoms with Gasteiger partial charge in [-0.05, 0) is 67.6 Å². The fourth-order valence-corrected chi connectivity index (χ4v) is 6.77. The van der Waals surface area contributed by atoms with Crippen LogP contribution in [0.3, 0.4) is 0 Å². The lowest BCUT2D eigenvalue weighted by Crippen LogP contribution is -2.44. The van der Waals surface area contributed by atoms with Crippen LogP contribution in [0.15, 0.2) is 35.2 Å². The number of rotatable bonds is 6. The van der Waals surface area contributed by atoms with Crippen molar-refractivity contribution in [2.45, 2.75) is 61.8 Å². The molecule has 2 aromatic carbocycles. The fourth-order valence-electron chi connectivity index (χ4n) is 5.67. The van der Waals surface area contributed by atoms with E-state index in [2.05, 4.69) is 21.9 Å². The first-order valence-electron chi connectivity index (χ1n) is 12.3. The van der Waals surface area contributed by atoms with Gasteiger partial charge in [-0.25, -0.2) is 17.2 Å². The molecule has 3 aliphatic rings. The van der Waals surface area contributed by atoms with Gasteiger partial charge in [-0.2, -0.15) is 0 Å². The molecule has 0 radical (unpaired) electrons. The number of nitrogens with one attached hydrogen (secondary N) is 2. The number of carbonyl (C=O) groups excluding carboxylic acids is 2. The molecule has 2 aliphatic carbocycles. The fraction of sp³-hybridized carbons (Fsp3) is 0.462. The predicted molar refractivity (Wildman–Crippen MR) is 130 cm³/mol. The van der Waals surface area contributed by atoms with Crippen LogP contribution in [0.25, 0.3) is 0 Å². The van der Waals surface area contributed by atoms with Crippen LogP contribution in [-0.2, 0) is 26.7 Å². The second kappa shape index (κ2) is 9.23. The maximum Gasteiger partial charge on any atom is 0.264 e. The molecule has 192 valence electrons. The summed E-state index contributed by atoms with van der Waals surface area (Å²) in [6, 6.07) is 5.22. The van der Waals surface area contributed by atoms with E-state index in [1.807, 2.05) is 0 Å². The lowest BCUT2D eigenvalue weighted by Gasteiger charge is -2.38. The van der Waals surface area contributed by atoms with E-state index >= 15 is 0 Å². The minimum absolute atomic E-state index is 0.0145. The molecular formula is C26H29F2N3O4S. The minimum Gasteiger partial charge on any atom is -0.349 e. The molecule has 36 heavy (non-hydrogen) atoms. The number of Topliss-reactive ketones (excluding diaryl/α,β-unsaturated/α-hetero) is 1. The molecule has 5 rings (SSSR count). The molecule has 0 bridgehead atoms. The summed E-state index contributed by atoms with van der Waals surface area (Å²) in [5.41, 5.74) is 0.951. The maximum absolute atomic E-state index is 14.3. The number of piperidine rings is 1. The molecule has 1 amide bonds.